The van der Waals surface area contributed by atoms with Crippen LogP contribution in [0.4, 0.5) is 15.2 Å². The van der Waals surface area contributed by atoms with E-state index in [4.69, 9.17) is 0 Å². The normalized spacial score (nSPS) is 14.0. The lowest BCUT2D eigenvalue weighted by atomic mass is 10.2. The van der Waals surface area contributed by atoms with Gasteiger partial charge in [-0.2, -0.15) is 0 Å². The van der Waals surface area contributed by atoms with Gasteiger partial charge in [-0.1, -0.05) is 19.9 Å². The number of anilines is 2. The summed E-state index contributed by atoms with van der Waals surface area (Å²) in [5.74, 6) is 0.451. The molecule has 3 nitrogen and oxygen atoms in total. The molecule has 3 rings (SSSR count). The molecule has 2 aromatic rings. The van der Waals surface area contributed by atoms with Gasteiger partial charge in [0.15, 0.2) is 5.13 Å². The largest absolute Gasteiger partial charge is 0.317 e. The minimum Gasteiger partial charge on any atom is -0.317 e. The standard InChI is InChI=1S/C16H20FN3S/c1-11(2)8-18-9-14-10-21-16(19-14)20-6-5-12-3-4-13(17)7-15(12)20/h3-4,7,10-11,18H,5-6,8-9H2,1-2H3. The molecule has 1 aliphatic heterocycles. The third-order valence-corrected chi connectivity index (χ3v) is 4.48. The van der Waals surface area contributed by atoms with E-state index in [0.717, 1.165) is 42.6 Å². The van der Waals surface area contributed by atoms with E-state index >= 15 is 0 Å². The van der Waals surface area contributed by atoms with E-state index in [1.165, 1.54) is 11.6 Å². The number of rotatable bonds is 5. The molecule has 1 N–H and O–H groups in total. The van der Waals surface area contributed by atoms with Gasteiger partial charge in [0.1, 0.15) is 5.82 Å². The molecular weight excluding hydrogens is 285 g/mol. The zero-order valence-corrected chi connectivity index (χ0v) is 13.2. The molecule has 0 radical (unpaired) electrons. The van der Waals surface area contributed by atoms with Gasteiger partial charge in [-0.15, -0.1) is 11.3 Å². The van der Waals surface area contributed by atoms with Gasteiger partial charge in [0.2, 0.25) is 0 Å². The first-order valence-corrected chi connectivity index (χ1v) is 8.22. The first-order chi connectivity index (χ1) is 10.1. The van der Waals surface area contributed by atoms with Crippen LogP contribution in [0.5, 0.6) is 0 Å². The molecule has 0 saturated carbocycles. The minimum atomic E-state index is -0.184. The summed E-state index contributed by atoms with van der Waals surface area (Å²) in [5.41, 5.74) is 3.22. The van der Waals surface area contributed by atoms with E-state index in [2.05, 4.69) is 34.4 Å². The average molecular weight is 305 g/mol. The number of thiazole rings is 1. The Morgan fingerprint density at radius 2 is 2.29 bits per heavy atom. The van der Waals surface area contributed by atoms with Gasteiger partial charge in [0.05, 0.1) is 5.69 Å². The van der Waals surface area contributed by atoms with Crippen molar-refractivity contribution in [3.05, 3.63) is 40.7 Å². The predicted molar refractivity (Wildman–Crippen MR) is 85.8 cm³/mol. The summed E-state index contributed by atoms with van der Waals surface area (Å²) >= 11 is 1.63. The molecule has 0 saturated heterocycles. The Morgan fingerprint density at radius 1 is 1.43 bits per heavy atom. The molecule has 1 aromatic heterocycles. The van der Waals surface area contributed by atoms with Gasteiger partial charge in [0.25, 0.3) is 0 Å². The number of nitrogens with one attached hydrogen (secondary N) is 1. The molecule has 2 heterocycles. The van der Waals surface area contributed by atoms with E-state index in [-0.39, 0.29) is 5.82 Å². The minimum absolute atomic E-state index is 0.184. The van der Waals surface area contributed by atoms with Gasteiger partial charge in [-0.3, -0.25) is 0 Å². The molecule has 1 aliphatic rings. The average Bonchev–Trinajstić information content (AvgIpc) is 3.04. The molecule has 0 aliphatic carbocycles. The second kappa shape index (κ2) is 6.12. The molecule has 1 aromatic carbocycles. The van der Waals surface area contributed by atoms with Crippen LogP contribution in [0.25, 0.3) is 0 Å². The van der Waals surface area contributed by atoms with Crippen LogP contribution >= 0.6 is 11.3 Å². The van der Waals surface area contributed by atoms with Crippen molar-refractivity contribution in [2.75, 3.05) is 18.0 Å². The molecule has 0 unspecified atom stereocenters. The summed E-state index contributed by atoms with van der Waals surface area (Å²) in [6.07, 6.45) is 0.954. The number of hydrogen-bond acceptors (Lipinski definition) is 4. The Balaban J connectivity index is 1.72. The molecule has 0 amide bonds. The van der Waals surface area contributed by atoms with Crippen LogP contribution in [-0.4, -0.2) is 18.1 Å². The van der Waals surface area contributed by atoms with E-state index in [1.54, 1.807) is 17.4 Å². The maximum Gasteiger partial charge on any atom is 0.190 e. The Labute approximate surface area is 128 Å². The maximum absolute atomic E-state index is 13.4. The van der Waals surface area contributed by atoms with Gasteiger partial charge in [-0.25, -0.2) is 9.37 Å². The number of nitrogens with zero attached hydrogens (tertiary/aromatic N) is 2. The van der Waals surface area contributed by atoms with Crippen molar-refractivity contribution in [2.45, 2.75) is 26.8 Å². The van der Waals surface area contributed by atoms with Crippen LogP contribution in [0, 0.1) is 11.7 Å². The first kappa shape index (κ1) is 14.5. The van der Waals surface area contributed by atoms with Crippen molar-refractivity contribution in [3.63, 3.8) is 0 Å². The molecule has 5 heteroatoms. The fourth-order valence-corrected chi connectivity index (χ4v) is 3.41. The van der Waals surface area contributed by atoms with Crippen LogP contribution in [0.15, 0.2) is 23.6 Å². The molecule has 21 heavy (non-hydrogen) atoms. The Kier molecular flexibility index (Phi) is 4.22. The van der Waals surface area contributed by atoms with Crippen LogP contribution in [0.1, 0.15) is 25.1 Å². The van der Waals surface area contributed by atoms with Crippen molar-refractivity contribution < 1.29 is 4.39 Å². The predicted octanol–water partition coefficient (Wildman–Crippen LogP) is 3.72. The number of aromatic nitrogens is 1. The topological polar surface area (TPSA) is 28.2 Å². The molecule has 0 atom stereocenters. The summed E-state index contributed by atoms with van der Waals surface area (Å²) in [6, 6.07) is 5.02. The Morgan fingerprint density at radius 3 is 3.10 bits per heavy atom. The smallest absolute Gasteiger partial charge is 0.190 e. The van der Waals surface area contributed by atoms with Crippen LogP contribution in [-0.2, 0) is 13.0 Å². The maximum atomic E-state index is 13.4. The van der Waals surface area contributed by atoms with E-state index in [9.17, 15) is 4.39 Å². The summed E-state index contributed by atoms with van der Waals surface area (Å²) in [7, 11) is 0. The van der Waals surface area contributed by atoms with Gasteiger partial charge < -0.3 is 10.2 Å². The van der Waals surface area contributed by atoms with Crippen LogP contribution < -0.4 is 10.2 Å². The fourth-order valence-electron chi connectivity index (χ4n) is 2.54. The van der Waals surface area contributed by atoms with Crippen molar-refractivity contribution in [1.29, 1.82) is 0 Å². The highest BCUT2D eigenvalue weighted by molar-refractivity contribution is 7.13. The second-order valence-electron chi connectivity index (χ2n) is 5.82. The lowest BCUT2D eigenvalue weighted by Gasteiger charge is -2.15. The van der Waals surface area contributed by atoms with Gasteiger partial charge >= 0.3 is 0 Å². The summed E-state index contributed by atoms with van der Waals surface area (Å²) in [4.78, 5) is 6.80. The SMILES string of the molecule is CC(C)CNCc1csc(N2CCc3ccc(F)cc32)n1. The first-order valence-electron chi connectivity index (χ1n) is 7.34. The number of halogens is 1. The lowest BCUT2D eigenvalue weighted by molar-refractivity contribution is 0.549. The van der Waals surface area contributed by atoms with E-state index in [1.807, 2.05) is 6.07 Å². The van der Waals surface area contributed by atoms with E-state index in [0.29, 0.717) is 5.92 Å². The molecule has 0 bridgehead atoms. The highest BCUT2D eigenvalue weighted by Crippen LogP contribution is 2.36. The fraction of sp³-hybridized carbons (Fsp3) is 0.438. The number of hydrogen-bond donors (Lipinski definition) is 1. The Hall–Kier alpha value is -1.46. The van der Waals surface area contributed by atoms with Crippen molar-refractivity contribution >= 4 is 22.2 Å². The van der Waals surface area contributed by atoms with Crippen LogP contribution in [0.3, 0.4) is 0 Å². The molecular formula is C16H20FN3S. The van der Waals surface area contributed by atoms with Crippen molar-refractivity contribution in [2.24, 2.45) is 5.92 Å². The third kappa shape index (κ3) is 3.24. The molecule has 0 fully saturated rings. The Bertz CT molecular complexity index is 624. The second-order valence-corrected chi connectivity index (χ2v) is 6.66. The zero-order valence-electron chi connectivity index (χ0n) is 12.4. The molecule has 112 valence electrons. The zero-order chi connectivity index (χ0) is 14.8. The monoisotopic (exact) mass is 305 g/mol. The van der Waals surface area contributed by atoms with Gasteiger partial charge in [0, 0.05) is 24.2 Å². The van der Waals surface area contributed by atoms with Crippen molar-refractivity contribution in [1.82, 2.24) is 10.3 Å². The lowest BCUT2D eigenvalue weighted by Crippen LogP contribution is -2.19. The quantitative estimate of drug-likeness (QED) is 0.912. The summed E-state index contributed by atoms with van der Waals surface area (Å²) in [6.45, 7) is 7.04. The number of fused-ring (bicyclic) bond motifs is 1. The third-order valence-electron chi connectivity index (χ3n) is 3.57. The van der Waals surface area contributed by atoms with Gasteiger partial charge in [-0.05, 0) is 36.6 Å². The van der Waals surface area contributed by atoms with Crippen LogP contribution in [0.2, 0.25) is 0 Å². The summed E-state index contributed by atoms with van der Waals surface area (Å²) in [5, 5.41) is 6.44. The van der Waals surface area contributed by atoms with Crippen molar-refractivity contribution in [3.8, 4) is 0 Å². The molecule has 0 spiro atoms. The van der Waals surface area contributed by atoms with E-state index < -0.39 is 0 Å². The highest BCUT2D eigenvalue weighted by Gasteiger charge is 2.23. The highest BCUT2D eigenvalue weighted by atomic mass is 32.1. The summed E-state index contributed by atoms with van der Waals surface area (Å²) < 4.78 is 13.4. The number of benzene rings is 1.